The molecule has 0 spiro atoms. The normalized spacial score (nSPS) is 9.62. The Labute approximate surface area is 94.7 Å². The summed E-state index contributed by atoms with van der Waals surface area (Å²) in [4.78, 5) is 11.3. The molecule has 0 bridgehead atoms. The summed E-state index contributed by atoms with van der Waals surface area (Å²) in [6, 6.07) is 7.14. The molecule has 0 unspecified atom stereocenters. The predicted molar refractivity (Wildman–Crippen MR) is 62.0 cm³/mol. The summed E-state index contributed by atoms with van der Waals surface area (Å²) in [5, 5.41) is 0. The van der Waals surface area contributed by atoms with Crippen molar-refractivity contribution in [1.29, 1.82) is 0 Å². The molecule has 1 aromatic carbocycles. The molecule has 0 amide bonds. The molecule has 0 aliphatic heterocycles. The van der Waals surface area contributed by atoms with Gasteiger partial charge in [-0.25, -0.2) is 4.79 Å². The molecule has 1 aromatic rings. The van der Waals surface area contributed by atoms with Crippen LogP contribution in [0, 0.1) is 0 Å². The van der Waals surface area contributed by atoms with Crippen molar-refractivity contribution >= 4 is 11.5 Å². The van der Waals surface area contributed by atoms with E-state index in [0.717, 1.165) is 0 Å². The second-order valence-corrected chi connectivity index (χ2v) is 3.10. The van der Waals surface area contributed by atoms with E-state index in [-0.39, 0.29) is 5.57 Å². The fraction of sp³-hybridized carbons (Fsp3) is 0.250. The van der Waals surface area contributed by atoms with Crippen molar-refractivity contribution in [3.63, 3.8) is 0 Å². The van der Waals surface area contributed by atoms with Gasteiger partial charge in [0.15, 0.2) is 0 Å². The van der Waals surface area contributed by atoms with E-state index >= 15 is 0 Å². The van der Waals surface area contributed by atoms with Crippen molar-refractivity contribution in [2.45, 2.75) is 0 Å². The maximum absolute atomic E-state index is 11.3. The number of nitrogens with two attached hydrogens (primary N) is 1. The Hall–Kier alpha value is -1.81. The largest absolute Gasteiger partial charge is 0.492 e. The molecule has 0 aromatic heterocycles. The number of hydrogen-bond acceptors (Lipinski definition) is 4. The fourth-order valence-corrected chi connectivity index (χ4v) is 1.24. The van der Waals surface area contributed by atoms with Gasteiger partial charge in [0.2, 0.25) is 0 Å². The summed E-state index contributed by atoms with van der Waals surface area (Å²) >= 11 is 0. The van der Waals surface area contributed by atoms with Crippen LogP contribution in [0.3, 0.4) is 0 Å². The molecule has 4 nitrogen and oxygen atoms in total. The molecule has 0 fully saturated rings. The lowest BCUT2D eigenvalue weighted by Crippen LogP contribution is -2.12. The van der Waals surface area contributed by atoms with Crippen LogP contribution in [0.25, 0.3) is 5.57 Å². The van der Waals surface area contributed by atoms with Gasteiger partial charge in [0.1, 0.15) is 12.4 Å². The highest BCUT2D eigenvalue weighted by Crippen LogP contribution is 2.25. The van der Waals surface area contributed by atoms with Crippen LogP contribution in [0.2, 0.25) is 0 Å². The van der Waals surface area contributed by atoms with Gasteiger partial charge in [-0.15, -0.1) is 0 Å². The van der Waals surface area contributed by atoms with Crippen molar-refractivity contribution in [3.8, 4) is 5.75 Å². The maximum Gasteiger partial charge on any atom is 0.337 e. The number of methoxy groups -OCH3 is 1. The van der Waals surface area contributed by atoms with Crippen molar-refractivity contribution in [2.24, 2.45) is 5.73 Å². The first-order valence-corrected chi connectivity index (χ1v) is 4.90. The van der Waals surface area contributed by atoms with Gasteiger partial charge in [-0.2, -0.15) is 0 Å². The van der Waals surface area contributed by atoms with Crippen LogP contribution in [0.1, 0.15) is 5.56 Å². The fourth-order valence-electron chi connectivity index (χ4n) is 1.24. The predicted octanol–water partition coefficient (Wildman–Crippen LogP) is 1.21. The van der Waals surface area contributed by atoms with Gasteiger partial charge in [-0.1, -0.05) is 24.8 Å². The van der Waals surface area contributed by atoms with E-state index in [4.69, 9.17) is 10.5 Å². The third-order valence-corrected chi connectivity index (χ3v) is 2.02. The second kappa shape index (κ2) is 5.92. The Kier molecular flexibility index (Phi) is 4.54. The number of esters is 1. The summed E-state index contributed by atoms with van der Waals surface area (Å²) in [7, 11) is 1.32. The minimum absolute atomic E-state index is 0.273. The number of rotatable bonds is 5. The minimum Gasteiger partial charge on any atom is -0.492 e. The van der Waals surface area contributed by atoms with E-state index in [1.165, 1.54) is 7.11 Å². The van der Waals surface area contributed by atoms with Gasteiger partial charge >= 0.3 is 5.97 Å². The van der Waals surface area contributed by atoms with Crippen LogP contribution in [0.15, 0.2) is 30.8 Å². The third kappa shape index (κ3) is 2.84. The van der Waals surface area contributed by atoms with Gasteiger partial charge in [-0.05, 0) is 6.07 Å². The lowest BCUT2D eigenvalue weighted by atomic mass is 10.1. The van der Waals surface area contributed by atoms with Crippen molar-refractivity contribution < 1.29 is 14.3 Å². The molecule has 0 heterocycles. The molecule has 16 heavy (non-hydrogen) atoms. The quantitative estimate of drug-likeness (QED) is 0.599. The molecular formula is C12H15NO3. The number of hydrogen-bond donors (Lipinski definition) is 1. The van der Waals surface area contributed by atoms with Crippen LogP contribution in [0.5, 0.6) is 5.75 Å². The summed E-state index contributed by atoms with van der Waals surface area (Å²) in [5.74, 6) is 0.118. The van der Waals surface area contributed by atoms with E-state index in [2.05, 4.69) is 11.3 Å². The molecular weight excluding hydrogens is 206 g/mol. The molecule has 0 aliphatic carbocycles. The topological polar surface area (TPSA) is 61.5 Å². The number of ether oxygens (including phenoxy) is 2. The Morgan fingerprint density at radius 2 is 2.12 bits per heavy atom. The standard InChI is InChI=1S/C12H15NO3/c1-9(12(14)15-2)10-5-3-4-6-11(10)16-8-7-13/h3-6H,1,7-8,13H2,2H3. The van der Waals surface area contributed by atoms with Gasteiger partial charge < -0.3 is 15.2 Å². The van der Waals surface area contributed by atoms with Gasteiger partial charge in [0.25, 0.3) is 0 Å². The first kappa shape index (κ1) is 12.3. The maximum atomic E-state index is 11.3. The molecule has 0 atom stereocenters. The van der Waals surface area contributed by atoms with Crippen LogP contribution in [-0.2, 0) is 9.53 Å². The van der Waals surface area contributed by atoms with Gasteiger partial charge in [0.05, 0.1) is 12.7 Å². The first-order chi connectivity index (χ1) is 7.70. The van der Waals surface area contributed by atoms with Crippen LogP contribution in [-0.4, -0.2) is 26.2 Å². The highest BCUT2D eigenvalue weighted by atomic mass is 16.5. The number of benzene rings is 1. The van der Waals surface area contributed by atoms with E-state index < -0.39 is 5.97 Å². The zero-order valence-corrected chi connectivity index (χ0v) is 9.23. The Morgan fingerprint density at radius 1 is 1.44 bits per heavy atom. The summed E-state index contributed by atoms with van der Waals surface area (Å²) in [6.45, 7) is 4.49. The van der Waals surface area contributed by atoms with Crippen molar-refractivity contribution in [1.82, 2.24) is 0 Å². The third-order valence-electron chi connectivity index (χ3n) is 2.02. The molecule has 0 radical (unpaired) electrons. The molecule has 2 N–H and O–H groups in total. The molecule has 1 rings (SSSR count). The summed E-state index contributed by atoms with van der Waals surface area (Å²) in [6.07, 6.45) is 0. The number of para-hydroxylation sites is 1. The zero-order valence-electron chi connectivity index (χ0n) is 9.23. The smallest absolute Gasteiger partial charge is 0.337 e. The minimum atomic E-state index is -0.469. The SMILES string of the molecule is C=C(C(=O)OC)c1ccccc1OCCN. The molecule has 86 valence electrons. The average molecular weight is 221 g/mol. The van der Waals surface area contributed by atoms with Gasteiger partial charge in [0, 0.05) is 12.1 Å². The molecule has 0 saturated carbocycles. The lowest BCUT2D eigenvalue weighted by Gasteiger charge is -2.11. The summed E-state index contributed by atoms with van der Waals surface area (Å²) < 4.78 is 10.0. The highest BCUT2D eigenvalue weighted by Gasteiger charge is 2.13. The van der Waals surface area contributed by atoms with Crippen LogP contribution in [0.4, 0.5) is 0 Å². The van der Waals surface area contributed by atoms with E-state index in [1.807, 2.05) is 6.07 Å². The van der Waals surface area contributed by atoms with E-state index in [1.54, 1.807) is 18.2 Å². The Balaban J connectivity index is 2.94. The van der Waals surface area contributed by atoms with Gasteiger partial charge in [-0.3, -0.25) is 0 Å². The summed E-state index contributed by atoms with van der Waals surface area (Å²) in [5.41, 5.74) is 6.25. The van der Waals surface area contributed by atoms with E-state index in [9.17, 15) is 4.79 Å². The number of carbonyl (C=O) groups is 1. The van der Waals surface area contributed by atoms with Crippen LogP contribution >= 0.6 is 0 Å². The molecule has 4 heteroatoms. The lowest BCUT2D eigenvalue weighted by molar-refractivity contribution is -0.133. The first-order valence-electron chi connectivity index (χ1n) is 4.90. The monoisotopic (exact) mass is 221 g/mol. The average Bonchev–Trinajstić information content (AvgIpc) is 2.34. The van der Waals surface area contributed by atoms with E-state index in [0.29, 0.717) is 24.5 Å². The molecule has 0 aliphatic rings. The second-order valence-electron chi connectivity index (χ2n) is 3.10. The van der Waals surface area contributed by atoms with Crippen molar-refractivity contribution in [3.05, 3.63) is 36.4 Å². The number of carbonyl (C=O) groups excluding carboxylic acids is 1. The zero-order chi connectivity index (χ0) is 12.0. The Morgan fingerprint density at radius 3 is 2.75 bits per heavy atom. The Bertz CT molecular complexity index is 388. The molecule has 0 saturated heterocycles. The van der Waals surface area contributed by atoms with Crippen molar-refractivity contribution in [2.75, 3.05) is 20.3 Å². The van der Waals surface area contributed by atoms with Crippen LogP contribution < -0.4 is 10.5 Å². The highest BCUT2D eigenvalue weighted by molar-refractivity contribution is 6.16.